The number of rotatable bonds is 3. The molecule has 0 saturated carbocycles. The van der Waals surface area contributed by atoms with Crippen molar-refractivity contribution in [1.82, 2.24) is 14.6 Å². The molecule has 2 heterocycles. The Hall–Kier alpha value is -1.36. The second kappa shape index (κ2) is 3.42. The predicted molar refractivity (Wildman–Crippen MR) is 58.9 cm³/mol. The van der Waals surface area contributed by atoms with Crippen LogP contribution >= 0.6 is 11.3 Å². The van der Waals surface area contributed by atoms with Gasteiger partial charge in [0.05, 0.1) is 11.9 Å². The van der Waals surface area contributed by atoms with Gasteiger partial charge in [0.1, 0.15) is 0 Å². The average molecular weight is 208 g/mol. The molecule has 0 aromatic carbocycles. The lowest BCUT2D eigenvalue weighted by atomic mass is 10.3. The van der Waals surface area contributed by atoms with Gasteiger partial charge in [-0.3, -0.25) is 0 Å². The molecule has 1 unspecified atom stereocenters. The fourth-order valence-corrected chi connectivity index (χ4v) is 2.04. The number of aromatic nitrogens is 3. The van der Waals surface area contributed by atoms with Crippen LogP contribution in [0, 0.1) is 6.92 Å². The molecule has 1 N–H and O–H groups in total. The monoisotopic (exact) mass is 208 g/mol. The zero-order valence-electron chi connectivity index (χ0n) is 8.19. The van der Waals surface area contributed by atoms with Crippen molar-refractivity contribution in [1.29, 1.82) is 0 Å². The van der Waals surface area contributed by atoms with Crippen LogP contribution in [0.25, 0.3) is 4.96 Å². The number of nitrogens with zero attached hydrogens (tertiary/aromatic N) is 3. The second-order valence-electron chi connectivity index (χ2n) is 3.19. The molecule has 0 aliphatic rings. The van der Waals surface area contributed by atoms with E-state index in [0.717, 1.165) is 15.8 Å². The highest BCUT2D eigenvalue weighted by Crippen LogP contribution is 2.19. The minimum Gasteiger partial charge on any atom is -0.354 e. The molecule has 0 radical (unpaired) electrons. The number of anilines is 1. The van der Waals surface area contributed by atoms with E-state index in [1.165, 1.54) is 0 Å². The van der Waals surface area contributed by atoms with Gasteiger partial charge in [-0.2, -0.15) is 0 Å². The Morgan fingerprint density at radius 1 is 1.71 bits per heavy atom. The first-order valence-corrected chi connectivity index (χ1v) is 5.22. The van der Waals surface area contributed by atoms with Crippen LogP contribution in [-0.4, -0.2) is 20.6 Å². The summed E-state index contributed by atoms with van der Waals surface area (Å²) in [5, 5.41) is 8.43. The fourth-order valence-electron chi connectivity index (χ4n) is 1.12. The van der Waals surface area contributed by atoms with E-state index in [1.807, 2.05) is 26.1 Å². The van der Waals surface area contributed by atoms with Gasteiger partial charge in [-0.25, -0.2) is 9.50 Å². The van der Waals surface area contributed by atoms with E-state index in [9.17, 15) is 0 Å². The molecule has 0 aliphatic carbocycles. The first kappa shape index (κ1) is 9.21. The Balaban J connectivity index is 2.27. The van der Waals surface area contributed by atoms with Crippen molar-refractivity contribution in [3.63, 3.8) is 0 Å². The first-order valence-electron chi connectivity index (χ1n) is 4.41. The third-order valence-electron chi connectivity index (χ3n) is 1.87. The summed E-state index contributed by atoms with van der Waals surface area (Å²) in [4.78, 5) is 5.24. The van der Waals surface area contributed by atoms with Crippen molar-refractivity contribution in [2.45, 2.75) is 19.9 Å². The maximum Gasteiger partial charge on any atom is 0.214 e. The summed E-state index contributed by atoms with van der Waals surface area (Å²) in [6.07, 6.45) is 3.75. The van der Waals surface area contributed by atoms with Gasteiger partial charge < -0.3 is 5.32 Å². The van der Waals surface area contributed by atoms with Gasteiger partial charge >= 0.3 is 0 Å². The normalized spacial score (nSPS) is 13.0. The van der Waals surface area contributed by atoms with E-state index >= 15 is 0 Å². The summed E-state index contributed by atoms with van der Waals surface area (Å²) >= 11 is 1.54. The van der Waals surface area contributed by atoms with Crippen LogP contribution in [0.15, 0.2) is 18.9 Å². The zero-order chi connectivity index (χ0) is 10.1. The summed E-state index contributed by atoms with van der Waals surface area (Å²) in [7, 11) is 0. The zero-order valence-corrected chi connectivity index (χ0v) is 9.01. The molecule has 0 bridgehead atoms. The van der Waals surface area contributed by atoms with Crippen LogP contribution in [-0.2, 0) is 0 Å². The second-order valence-corrected chi connectivity index (χ2v) is 4.14. The summed E-state index contributed by atoms with van der Waals surface area (Å²) in [5.74, 6) is 0. The predicted octanol–water partition coefficient (Wildman–Crippen LogP) is 2.09. The third kappa shape index (κ3) is 1.63. The third-order valence-corrected chi connectivity index (χ3v) is 2.72. The Bertz CT molecular complexity index is 425. The molecule has 4 nitrogen and oxygen atoms in total. The summed E-state index contributed by atoms with van der Waals surface area (Å²) < 4.78 is 1.79. The van der Waals surface area contributed by atoms with Crippen LogP contribution in [0.4, 0.5) is 5.13 Å². The van der Waals surface area contributed by atoms with E-state index in [0.29, 0.717) is 0 Å². The van der Waals surface area contributed by atoms with Gasteiger partial charge in [-0.15, -0.1) is 11.7 Å². The minimum atomic E-state index is 0.229. The van der Waals surface area contributed by atoms with Crippen molar-refractivity contribution in [2.75, 3.05) is 5.32 Å². The topological polar surface area (TPSA) is 42.2 Å². The van der Waals surface area contributed by atoms with Gasteiger partial charge in [-0.1, -0.05) is 17.4 Å². The lowest BCUT2D eigenvalue weighted by molar-refractivity contribution is 0.932. The summed E-state index contributed by atoms with van der Waals surface area (Å²) in [6.45, 7) is 7.69. The molecular formula is C9H12N4S. The molecule has 0 spiro atoms. The molecule has 2 rings (SSSR count). The molecule has 0 saturated heterocycles. The van der Waals surface area contributed by atoms with Crippen molar-refractivity contribution in [3.8, 4) is 0 Å². The summed E-state index contributed by atoms with van der Waals surface area (Å²) in [6, 6.07) is 0.229. The smallest absolute Gasteiger partial charge is 0.214 e. The molecule has 5 heteroatoms. The van der Waals surface area contributed by atoms with Crippen LogP contribution in [0.1, 0.15) is 12.6 Å². The highest BCUT2D eigenvalue weighted by Gasteiger charge is 2.06. The van der Waals surface area contributed by atoms with E-state index in [1.54, 1.807) is 15.9 Å². The molecule has 14 heavy (non-hydrogen) atoms. The van der Waals surface area contributed by atoms with Crippen molar-refractivity contribution in [2.24, 2.45) is 0 Å². The van der Waals surface area contributed by atoms with Gasteiger partial charge in [0.15, 0.2) is 0 Å². The highest BCUT2D eigenvalue weighted by atomic mass is 32.1. The van der Waals surface area contributed by atoms with Crippen molar-refractivity contribution >= 4 is 21.4 Å². The summed E-state index contributed by atoms with van der Waals surface area (Å²) in [5.41, 5.74) is 0.993. The molecule has 1 atom stereocenters. The maximum absolute atomic E-state index is 4.34. The van der Waals surface area contributed by atoms with E-state index in [2.05, 4.69) is 22.0 Å². The van der Waals surface area contributed by atoms with Gasteiger partial charge in [0, 0.05) is 6.04 Å². The van der Waals surface area contributed by atoms with Crippen LogP contribution in [0.5, 0.6) is 0 Å². The molecule has 2 aromatic rings. The van der Waals surface area contributed by atoms with Gasteiger partial charge in [-0.05, 0) is 13.8 Å². The average Bonchev–Trinajstić information content (AvgIpc) is 2.60. The van der Waals surface area contributed by atoms with Gasteiger partial charge in [0.2, 0.25) is 10.1 Å². The number of nitrogens with one attached hydrogen (secondary N) is 1. The van der Waals surface area contributed by atoms with Crippen LogP contribution < -0.4 is 5.32 Å². The number of aryl methyl sites for hydroxylation is 1. The molecule has 74 valence electrons. The fraction of sp³-hybridized carbons (Fsp3) is 0.333. The number of hydrogen-bond acceptors (Lipinski definition) is 4. The number of fused-ring (bicyclic) bond motifs is 1. The Morgan fingerprint density at radius 3 is 3.14 bits per heavy atom. The largest absolute Gasteiger partial charge is 0.354 e. The maximum atomic E-state index is 4.34. The minimum absolute atomic E-state index is 0.229. The molecular weight excluding hydrogens is 196 g/mol. The number of hydrogen-bond donors (Lipinski definition) is 1. The number of imidazole rings is 1. The first-order chi connectivity index (χ1) is 6.69. The molecule has 0 aliphatic heterocycles. The molecule has 2 aromatic heterocycles. The standard InChI is InChI=1S/C9H12N4S/c1-4-6(2)10-8-12-13-5-7(3)11-9(13)14-8/h4-6H,1H2,2-3H3,(H,10,12). The highest BCUT2D eigenvalue weighted by molar-refractivity contribution is 7.20. The van der Waals surface area contributed by atoms with Gasteiger partial charge in [0.25, 0.3) is 0 Å². The van der Waals surface area contributed by atoms with Crippen molar-refractivity contribution < 1.29 is 0 Å². The van der Waals surface area contributed by atoms with Crippen LogP contribution in [0.3, 0.4) is 0 Å². The lowest BCUT2D eigenvalue weighted by Gasteiger charge is -2.04. The van der Waals surface area contributed by atoms with Crippen molar-refractivity contribution in [3.05, 3.63) is 24.5 Å². The lowest BCUT2D eigenvalue weighted by Crippen LogP contribution is -2.10. The van der Waals surface area contributed by atoms with E-state index in [-0.39, 0.29) is 6.04 Å². The van der Waals surface area contributed by atoms with Crippen LogP contribution in [0.2, 0.25) is 0 Å². The van der Waals surface area contributed by atoms with E-state index < -0.39 is 0 Å². The molecule has 0 amide bonds. The SMILES string of the molecule is C=CC(C)Nc1nn2cc(C)nc2s1. The molecule has 0 fully saturated rings. The Labute approximate surface area is 86.3 Å². The Morgan fingerprint density at radius 2 is 2.50 bits per heavy atom. The Kier molecular flexibility index (Phi) is 2.25. The quantitative estimate of drug-likeness (QED) is 0.785. The van der Waals surface area contributed by atoms with E-state index in [4.69, 9.17) is 0 Å².